The summed E-state index contributed by atoms with van der Waals surface area (Å²) < 4.78 is 0. The maximum atomic E-state index is 2.25. The summed E-state index contributed by atoms with van der Waals surface area (Å²) in [4.78, 5) is 5.36. The number of benzene rings is 2. The Morgan fingerprint density at radius 3 is 1.48 bits per heavy atom. The molecule has 0 spiro atoms. The van der Waals surface area contributed by atoms with Crippen LogP contribution in [0.4, 0.5) is 0 Å². The first-order valence-corrected chi connectivity index (χ1v) is 10.2. The summed E-state index contributed by atoms with van der Waals surface area (Å²) in [6.07, 6.45) is 1.09. The Morgan fingerprint density at radius 2 is 1.00 bits per heavy atom. The molecule has 0 saturated heterocycles. The van der Waals surface area contributed by atoms with E-state index in [0.717, 1.165) is 6.42 Å². The van der Waals surface area contributed by atoms with Gasteiger partial charge in [-0.2, -0.15) is 0 Å². The Balaban J connectivity index is 1.60. The van der Waals surface area contributed by atoms with Gasteiger partial charge in [0, 0.05) is 19.5 Å². The van der Waals surface area contributed by atoms with E-state index < -0.39 is 0 Å². The van der Waals surface area contributed by atoms with Crippen molar-refractivity contribution < 1.29 is 0 Å². The number of hydrogen-bond donors (Lipinski definition) is 0. The van der Waals surface area contributed by atoms with Gasteiger partial charge in [-0.05, 0) is 54.3 Å². The van der Waals surface area contributed by atoms with Crippen molar-refractivity contribution in [3.63, 3.8) is 0 Å². The molecule has 0 radical (unpaired) electrons. The molecule has 0 N–H and O–H groups in total. The van der Waals surface area contributed by atoms with Gasteiger partial charge >= 0.3 is 0 Å². The summed E-state index contributed by atoms with van der Waals surface area (Å²) in [5.41, 5.74) is 5.30. The minimum atomic E-state index is 1.09. The van der Waals surface area contributed by atoms with Crippen LogP contribution in [0.25, 0.3) is 30.6 Å². The van der Waals surface area contributed by atoms with Crippen molar-refractivity contribution in [3.8, 4) is 30.6 Å². The Bertz CT molecular complexity index is 970. The maximum Gasteiger partial charge on any atom is 0.0449 e. The second-order valence-corrected chi connectivity index (χ2v) is 8.41. The highest BCUT2D eigenvalue weighted by Gasteiger charge is 2.09. The Hall–Kier alpha value is -2.16. The molecule has 2 heterocycles. The molecule has 0 amide bonds. The summed E-state index contributed by atoms with van der Waals surface area (Å²) in [5, 5.41) is 0. The molecule has 0 unspecified atom stereocenters. The molecule has 0 aliphatic heterocycles. The zero-order valence-electron chi connectivity index (χ0n) is 14.5. The molecular formula is C23H20S2. The molecule has 4 aromatic rings. The molecule has 0 atom stereocenters. The third kappa shape index (κ3) is 3.46. The smallest absolute Gasteiger partial charge is 0.0449 e. The van der Waals surface area contributed by atoms with E-state index in [1.165, 1.54) is 41.8 Å². The first-order valence-electron chi connectivity index (χ1n) is 8.59. The van der Waals surface area contributed by atoms with E-state index in [9.17, 15) is 0 Å². The van der Waals surface area contributed by atoms with Crippen molar-refractivity contribution in [3.05, 3.63) is 83.9 Å². The second-order valence-electron chi connectivity index (χ2n) is 6.24. The predicted molar refractivity (Wildman–Crippen MR) is 113 cm³/mol. The van der Waals surface area contributed by atoms with Crippen molar-refractivity contribution >= 4 is 22.7 Å². The maximum absolute atomic E-state index is 2.25. The zero-order chi connectivity index (χ0) is 17.2. The molecule has 2 heteroatoms. The number of thiophene rings is 2. The summed E-state index contributed by atoms with van der Waals surface area (Å²) in [6, 6.07) is 26.7. The molecule has 2 aromatic heterocycles. The van der Waals surface area contributed by atoms with Crippen LogP contribution in [0.1, 0.15) is 18.1 Å². The lowest BCUT2D eigenvalue weighted by Crippen LogP contribution is -1.78. The van der Waals surface area contributed by atoms with Crippen molar-refractivity contribution in [1.29, 1.82) is 0 Å². The quantitative estimate of drug-likeness (QED) is 0.350. The van der Waals surface area contributed by atoms with Gasteiger partial charge in [0.1, 0.15) is 0 Å². The molecule has 2 aromatic carbocycles. The molecule has 0 aliphatic rings. The molecule has 124 valence electrons. The molecule has 0 saturated carbocycles. The highest BCUT2D eigenvalue weighted by molar-refractivity contribution is 7.25. The van der Waals surface area contributed by atoms with E-state index >= 15 is 0 Å². The first kappa shape index (κ1) is 16.3. The minimum Gasteiger partial charge on any atom is -0.134 e. The summed E-state index contributed by atoms with van der Waals surface area (Å²) in [7, 11) is 0. The molecule has 0 aliphatic carbocycles. The summed E-state index contributed by atoms with van der Waals surface area (Å²) >= 11 is 3.74. The van der Waals surface area contributed by atoms with Gasteiger partial charge in [0.25, 0.3) is 0 Å². The van der Waals surface area contributed by atoms with Gasteiger partial charge in [-0.15, -0.1) is 22.7 Å². The van der Waals surface area contributed by atoms with Crippen molar-refractivity contribution in [2.75, 3.05) is 0 Å². The van der Waals surface area contributed by atoms with Gasteiger partial charge in [-0.3, -0.25) is 0 Å². The Labute approximate surface area is 157 Å². The van der Waals surface area contributed by atoms with Gasteiger partial charge in [0.05, 0.1) is 0 Å². The monoisotopic (exact) mass is 360 g/mol. The minimum absolute atomic E-state index is 1.09. The molecular weight excluding hydrogens is 340 g/mol. The van der Waals surface area contributed by atoms with Crippen LogP contribution in [-0.4, -0.2) is 0 Å². The lowest BCUT2D eigenvalue weighted by atomic mass is 10.1. The van der Waals surface area contributed by atoms with Gasteiger partial charge in [0.15, 0.2) is 0 Å². The van der Waals surface area contributed by atoms with Crippen molar-refractivity contribution in [1.82, 2.24) is 0 Å². The standard InChI is InChI=1S/C23H20S2/c1-3-17-6-10-19(11-7-17)21-13-15-23(25-21)22-14-12-20(24-22)18-8-4-16(2)5-9-18/h4-15H,3H2,1-2H3. The fourth-order valence-corrected chi connectivity index (χ4v) is 4.99. The molecule has 25 heavy (non-hydrogen) atoms. The lowest BCUT2D eigenvalue weighted by Gasteiger charge is -1.99. The third-order valence-corrected chi connectivity index (χ3v) is 6.90. The number of aryl methyl sites for hydroxylation is 2. The molecule has 4 rings (SSSR count). The van der Waals surface area contributed by atoms with Gasteiger partial charge < -0.3 is 0 Å². The van der Waals surface area contributed by atoms with Gasteiger partial charge in [0.2, 0.25) is 0 Å². The molecule has 0 fully saturated rings. The van der Waals surface area contributed by atoms with Crippen LogP contribution in [-0.2, 0) is 6.42 Å². The average molecular weight is 361 g/mol. The van der Waals surface area contributed by atoms with Crippen LogP contribution in [0.2, 0.25) is 0 Å². The number of rotatable bonds is 4. The van der Waals surface area contributed by atoms with Crippen LogP contribution in [0.15, 0.2) is 72.8 Å². The van der Waals surface area contributed by atoms with E-state index in [1.54, 1.807) is 0 Å². The molecule has 0 nitrogen and oxygen atoms in total. The van der Waals surface area contributed by atoms with Crippen LogP contribution in [0.5, 0.6) is 0 Å². The fraction of sp³-hybridized carbons (Fsp3) is 0.130. The fourth-order valence-electron chi connectivity index (χ4n) is 2.87. The summed E-state index contributed by atoms with van der Waals surface area (Å²) in [5.74, 6) is 0. The Morgan fingerprint density at radius 1 is 0.560 bits per heavy atom. The van der Waals surface area contributed by atoms with Crippen LogP contribution in [0, 0.1) is 6.92 Å². The van der Waals surface area contributed by atoms with Crippen molar-refractivity contribution in [2.45, 2.75) is 20.3 Å². The summed E-state index contributed by atoms with van der Waals surface area (Å²) in [6.45, 7) is 4.32. The second kappa shape index (κ2) is 6.99. The van der Waals surface area contributed by atoms with Crippen molar-refractivity contribution in [2.24, 2.45) is 0 Å². The zero-order valence-corrected chi connectivity index (χ0v) is 16.1. The van der Waals surface area contributed by atoms with E-state index in [1.807, 2.05) is 22.7 Å². The lowest BCUT2D eigenvalue weighted by molar-refractivity contribution is 1.14. The van der Waals surface area contributed by atoms with E-state index in [-0.39, 0.29) is 0 Å². The van der Waals surface area contributed by atoms with Gasteiger partial charge in [-0.1, -0.05) is 61.0 Å². The van der Waals surface area contributed by atoms with Gasteiger partial charge in [-0.25, -0.2) is 0 Å². The molecule has 0 bridgehead atoms. The highest BCUT2D eigenvalue weighted by Crippen LogP contribution is 2.40. The topological polar surface area (TPSA) is 0 Å². The Kier molecular flexibility index (Phi) is 4.56. The normalized spacial score (nSPS) is 11.0. The van der Waals surface area contributed by atoms with E-state index in [4.69, 9.17) is 0 Å². The van der Waals surface area contributed by atoms with E-state index in [0.29, 0.717) is 0 Å². The van der Waals surface area contributed by atoms with Crippen LogP contribution < -0.4 is 0 Å². The van der Waals surface area contributed by atoms with E-state index in [2.05, 4.69) is 86.6 Å². The van der Waals surface area contributed by atoms with Crippen LogP contribution >= 0.6 is 22.7 Å². The SMILES string of the molecule is CCc1ccc(-c2ccc(-c3ccc(-c4ccc(C)cc4)s3)s2)cc1. The third-order valence-electron chi connectivity index (χ3n) is 4.44. The number of hydrogen-bond acceptors (Lipinski definition) is 2. The van der Waals surface area contributed by atoms with Crippen LogP contribution in [0.3, 0.4) is 0 Å². The predicted octanol–water partition coefficient (Wildman–Crippen LogP) is 7.68. The average Bonchev–Trinajstić information content (AvgIpc) is 3.32. The highest BCUT2D eigenvalue weighted by atomic mass is 32.1. The largest absolute Gasteiger partial charge is 0.134 e. The first-order chi connectivity index (χ1) is 12.2.